The molecular formula is C29H25N3O8S. The Morgan fingerprint density at radius 2 is 1.83 bits per heavy atom. The first-order chi connectivity index (χ1) is 19.7. The van der Waals surface area contributed by atoms with Gasteiger partial charge in [0.25, 0.3) is 11.2 Å². The predicted octanol–water partition coefficient (Wildman–Crippen LogP) is 3.98. The van der Waals surface area contributed by atoms with Gasteiger partial charge in [0.05, 0.1) is 59.2 Å². The Morgan fingerprint density at radius 3 is 2.49 bits per heavy atom. The van der Waals surface area contributed by atoms with Crippen molar-refractivity contribution in [1.82, 2.24) is 4.57 Å². The van der Waals surface area contributed by atoms with Gasteiger partial charge in [-0.15, -0.1) is 0 Å². The molecular weight excluding hydrogens is 550 g/mol. The summed E-state index contributed by atoms with van der Waals surface area (Å²) in [5, 5.41) is 11.6. The lowest BCUT2D eigenvalue weighted by molar-refractivity contribution is -0.384. The number of allylic oxidation sites excluding steroid dienone is 1. The third-order valence-electron chi connectivity index (χ3n) is 6.52. The van der Waals surface area contributed by atoms with Crippen LogP contribution in [0.3, 0.4) is 0 Å². The van der Waals surface area contributed by atoms with E-state index in [1.54, 1.807) is 75.6 Å². The molecule has 0 saturated carbocycles. The third-order valence-corrected chi connectivity index (χ3v) is 7.50. The Kier molecular flexibility index (Phi) is 7.58. The Morgan fingerprint density at radius 1 is 1.12 bits per heavy atom. The van der Waals surface area contributed by atoms with Gasteiger partial charge in [-0.05, 0) is 55.8 Å². The average Bonchev–Trinajstić information content (AvgIpc) is 3.56. The third kappa shape index (κ3) is 5.16. The summed E-state index contributed by atoms with van der Waals surface area (Å²) in [6.45, 7) is 3.59. The largest absolute Gasteiger partial charge is 0.497 e. The summed E-state index contributed by atoms with van der Waals surface area (Å²) in [4.78, 5) is 42.9. The molecule has 1 atom stereocenters. The first kappa shape index (κ1) is 27.6. The number of nitrogens with zero attached hydrogens (tertiary/aromatic N) is 3. The zero-order valence-corrected chi connectivity index (χ0v) is 23.4. The zero-order valence-electron chi connectivity index (χ0n) is 22.6. The van der Waals surface area contributed by atoms with Crippen LogP contribution in [0.15, 0.2) is 80.1 Å². The number of carbonyl (C=O) groups excluding carboxylic acids is 1. The summed E-state index contributed by atoms with van der Waals surface area (Å²) in [7, 11) is 2.98. The van der Waals surface area contributed by atoms with Crippen LogP contribution >= 0.6 is 11.3 Å². The van der Waals surface area contributed by atoms with Crippen molar-refractivity contribution >= 4 is 29.1 Å². The number of nitro groups is 1. The van der Waals surface area contributed by atoms with Crippen molar-refractivity contribution < 1.29 is 28.3 Å². The summed E-state index contributed by atoms with van der Waals surface area (Å²) < 4.78 is 23.4. The van der Waals surface area contributed by atoms with Crippen molar-refractivity contribution in [3.05, 3.63) is 107 Å². The highest BCUT2D eigenvalue weighted by Gasteiger charge is 2.33. The lowest BCUT2D eigenvalue weighted by Gasteiger charge is -2.24. The number of methoxy groups -OCH3 is 2. The standard InChI is InChI=1S/C29H25N3O8S/c1-5-39-28(34)25-16(2)30-29-31(26(25)17-6-8-18(37-3)9-7-17)27(33)24(41-29)15-20-11-13-23(40-20)21-12-10-19(38-4)14-22(21)32(35)36/h6-15,26H,5H2,1-4H3/b24-15+/t26-/m0/s1. The summed E-state index contributed by atoms with van der Waals surface area (Å²) >= 11 is 1.14. The van der Waals surface area contributed by atoms with Crippen LogP contribution in [0.1, 0.15) is 31.2 Å². The van der Waals surface area contributed by atoms with Gasteiger partial charge >= 0.3 is 5.97 Å². The van der Waals surface area contributed by atoms with Crippen LogP contribution in [0.4, 0.5) is 5.69 Å². The highest BCUT2D eigenvalue weighted by Crippen LogP contribution is 2.35. The second-order valence-electron chi connectivity index (χ2n) is 8.92. The normalized spacial score (nSPS) is 14.8. The first-order valence-electron chi connectivity index (χ1n) is 12.5. The van der Waals surface area contributed by atoms with Crippen LogP contribution in [0, 0.1) is 10.1 Å². The lowest BCUT2D eigenvalue weighted by atomic mass is 9.96. The lowest BCUT2D eigenvalue weighted by Crippen LogP contribution is -2.39. The zero-order chi connectivity index (χ0) is 29.3. The Hall–Kier alpha value is -4.97. The average molecular weight is 576 g/mol. The summed E-state index contributed by atoms with van der Waals surface area (Å²) in [5.41, 5.74) is 1.12. The van der Waals surface area contributed by atoms with Crippen LogP contribution in [0.2, 0.25) is 0 Å². The Labute approximate surface area is 237 Å². The van der Waals surface area contributed by atoms with E-state index in [1.165, 1.54) is 17.7 Å². The second kappa shape index (κ2) is 11.3. The van der Waals surface area contributed by atoms with E-state index in [1.807, 2.05) is 0 Å². The summed E-state index contributed by atoms with van der Waals surface area (Å²) in [5.74, 6) is 0.996. The molecule has 1 aliphatic heterocycles. The number of fused-ring (bicyclic) bond motifs is 1. The number of rotatable bonds is 8. The summed E-state index contributed by atoms with van der Waals surface area (Å²) in [6.07, 6.45) is 1.55. The quantitative estimate of drug-likeness (QED) is 0.175. The number of hydrogen-bond acceptors (Lipinski definition) is 10. The molecule has 2 aromatic carbocycles. The number of esters is 1. The first-order valence-corrected chi connectivity index (χ1v) is 13.3. The van der Waals surface area contributed by atoms with Crippen molar-refractivity contribution in [3.8, 4) is 22.8 Å². The van der Waals surface area contributed by atoms with E-state index < -0.39 is 16.9 Å². The number of carbonyl (C=O) groups is 1. The van der Waals surface area contributed by atoms with Crippen LogP contribution < -0.4 is 24.4 Å². The highest BCUT2D eigenvalue weighted by molar-refractivity contribution is 7.07. The number of ether oxygens (including phenoxy) is 3. The van der Waals surface area contributed by atoms with Gasteiger partial charge in [0.15, 0.2) is 4.80 Å². The molecule has 0 fully saturated rings. The molecule has 0 radical (unpaired) electrons. The van der Waals surface area contributed by atoms with Crippen LogP contribution in [0.25, 0.3) is 17.4 Å². The molecule has 0 bridgehead atoms. The number of benzene rings is 2. The molecule has 12 heteroatoms. The van der Waals surface area contributed by atoms with Crippen molar-refractivity contribution in [1.29, 1.82) is 0 Å². The Balaban J connectivity index is 1.62. The van der Waals surface area contributed by atoms with E-state index in [2.05, 4.69) is 4.99 Å². The van der Waals surface area contributed by atoms with E-state index in [-0.39, 0.29) is 34.8 Å². The maximum absolute atomic E-state index is 13.8. The molecule has 4 aromatic rings. The van der Waals surface area contributed by atoms with Gasteiger partial charge in [-0.1, -0.05) is 23.5 Å². The molecule has 11 nitrogen and oxygen atoms in total. The fraction of sp³-hybridized carbons (Fsp3) is 0.207. The Bertz CT molecular complexity index is 1860. The number of thiazole rings is 1. The van der Waals surface area contributed by atoms with Gasteiger partial charge in [-0.3, -0.25) is 19.5 Å². The van der Waals surface area contributed by atoms with Crippen molar-refractivity contribution in [2.75, 3.05) is 20.8 Å². The highest BCUT2D eigenvalue weighted by atomic mass is 32.1. The minimum atomic E-state index is -0.771. The van der Waals surface area contributed by atoms with Gasteiger partial charge in [0.1, 0.15) is 23.0 Å². The van der Waals surface area contributed by atoms with Gasteiger partial charge in [-0.25, -0.2) is 9.79 Å². The SMILES string of the molecule is CCOC(=O)C1=C(C)N=c2s/c(=C/c3ccc(-c4ccc(OC)cc4[N+](=O)[O-])o3)c(=O)n2[C@H]1c1ccc(OC)cc1. The van der Waals surface area contributed by atoms with Gasteiger partial charge in [-0.2, -0.15) is 0 Å². The fourth-order valence-electron chi connectivity index (χ4n) is 4.60. The van der Waals surface area contributed by atoms with E-state index >= 15 is 0 Å². The van der Waals surface area contributed by atoms with E-state index in [4.69, 9.17) is 18.6 Å². The maximum atomic E-state index is 13.8. The number of aromatic nitrogens is 1. The summed E-state index contributed by atoms with van der Waals surface area (Å²) in [6, 6.07) is 14.0. The molecule has 0 N–H and O–H groups in total. The maximum Gasteiger partial charge on any atom is 0.338 e. The van der Waals surface area contributed by atoms with Crippen molar-refractivity contribution in [3.63, 3.8) is 0 Å². The number of hydrogen-bond donors (Lipinski definition) is 0. The number of furan rings is 1. The molecule has 0 amide bonds. The van der Waals surface area contributed by atoms with Gasteiger partial charge < -0.3 is 18.6 Å². The smallest absolute Gasteiger partial charge is 0.338 e. The monoisotopic (exact) mass is 575 g/mol. The molecule has 5 rings (SSSR count). The molecule has 0 aliphatic carbocycles. The molecule has 41 heavy (non-hydrogen) atoms. The topological polar surface area (TPSA) is 135 Å². The van der Waals surface area contributed by atoms with Crippen LogP contribution in [-0.4, -0.2) is 36.3 Å². The molecule has 2 aromatic heterocycles. The minimum Gasteiger partial charge on any atom is -0.497 e. The molecule has 0 unspecified atom stereocenters. The predicted molar refractivity (Wildman–Crippen MR) is 151 cm³/mol. The molecule has 1 aliphatic rings. The minimum absolute atomic E-state index is 0.169. The van der Waals surface area contributed by atoms with Crippen LogP contribution in [0.5, 0.6) is 11.5 Å². The van der Waals surface area contributed by atoms with E-state index in [0.717, 1.165) is 11.3 Å². The van der Waals surface area contributed by atoms with Crippen molar-refractivity contribution in [2.24, 2.45) is 4.99 Å². The molecule has 3 heterocycles. The van der Waals surface area contributed by atoms with E-state index in [9.17, 15) is 19.7 Å². The molecule has 0 spiro atoms. The van der Waals surface area contributed by atoms with Gasteiger partial charge in [0.2, 0.25) is 0 Å². The molecule has 210 valence electrons. The second-order valence-corrected chi connectivity index (χ2v) is 9.93. The number of nitro benzene ring substituents is 1. The molecule has 0 saturated heterocycles. The van der Waals surface area contributed by atoms with E-state index in [0.29, 0.717) is 37.9 Å². The van der Waals surface area contributed by atoms with Gasteiger partial charge in [0, 0.05) is 6.08 Å². The van der Waals surface area contributed by atoms with Crippen LogP contribution in [-0.2, 0) is 9.53 Å². The fourth-order valence-corrected chi connectivity index (χ4v) is 5.62. The van der Waals surface area contributed by atoms with Crippen molar-refractivity contribution in [2.45, 2.75) is 19.9 Å².